The number of hydrogen-bond acceptors (Lipinski definition) is 3. The summed E-state index contributed by atoms with van der Waals surface area (Å²) in [4.78, 5) is 15.8. The highest BCUT2D eigenvalue weighted by Gasteiger charge is 2.39. The van der Waals surface area contributed by atoms with Crippen molar-refractivity contribution in [3.63, 3.8) is 0 Å². The van der Waals surface area contributed by atoms with Gasteiger partial charge in [-0.15, -0.1) is 0 Å². The standard InChI is InChI=1S/C22H34N2O3S/c1-6-17-7-9-19(10-8-17)24(20-11-12-20)22(25)18-13-15(2)16(3)21(14-18)28(26,27)23(4)5/h13-14,17,19-20H,6-12H2,1-5H3. The summed E-state index contributed by atoms with van der Waals surface area (Å²) in [6.07, 6.45) is 7.84. The van der Waals surface area contributed by atoms with Crippen molar-refractivity contribution in [2.24, 2.45) is 5.92 Å². The molecule has 0 aromatic heterocycles. The fourth-order valence-corrected chi connectivity index (χ4v) is 5.60. The van der Waals surface area contributed by atoms with Crippen LogP contribution in [0.25, 0.3) is 0 Å². The van der Waals surface area contributed by atoms with Gasteiger partial charge in [-0.05, 0) is 81.5 Å². The highest BCUT2D eigenvalue weighted by molar-refractivity contribution is 7.89. The number of hydrogen-bond donors (Lipinski definition) is 0. The van der Waals surface area contributed by atoms with E-state index >= 15 is 0 Å². The molecule has 0 unspecified atom stereocenters. The van der Waals surface area contributed by atoms with Crippen molar-refractivity contribution < 1.29 is 13.2 Å². The Morgan fingerprint density at radius 3 is 2.00 bits per heavy atom. The van der Waals surface area contributed by atoms with Gasteiger partial charge in [-0.25, -0.2) is 12.7 Å². The lowest BCUT2D eigenvalue weighted by atomic mass is 9.83. The summed E-state index contributed by atoms with van der Waals surface area (Å²) < 4.78 is 26.8. The van der Waals surface area contributed by atoms with Gasteiger partial charge in [-0.1, -0.05) is 13.3 Å². The first-order valence-corrected chi connectivity index (χ1v) is 12.0. The van der Waals surface area contributed by atoms with Crippen LogP contribution >= 0.6 is 0 Å². The second-order valence-corrected chi connectivity index (χ2v) is 10.9. The molecule has 0 atom stereocenters. The fraction of sp³-hybridized carbons (Fsp3) is 0.682. The molecule has 5 nitrogen and oxygen atoms in total. The maximum Gasteiger partial charge on any atom is 0.254 e. The zero-order valence-corrected chi connectivity index (χ0v) is 18.7. The predicted octanol–water partition coefficient (Wildman–Crippen LogP) is 4.13. The van der Waals surface area contributed by atoms with E-state index in [9.17, 15) is 13.2 Å². The minimum atomic E-state index is -3.59. The third-order valence-electron chi connectivity index (χ3n) is 6.59. The summed E-state index contributed by atoms with van der Waals surface area (Å²) in [6.45, 7) is 5.94. The summed E-state index contributed by atoms with van der Waals surface area (Å²) in [5.74, 6) is 0.784. The summed E-state index contributed by atoms with van der Waals surface area (Å²) in [5.41, 5.74) is 2.07. The first-order chi connectivity index (χ1) is 13.2. The van der Waals surface area contributed by atoms with Crippen LogP contribution < -0.4 is 0 Å². The van der Waals surface area contributed by atoms with Crippen molar-refractivity contribution in [2.45, 2.75) is 82.7 Å². The lowest BCUT2D eigenvalue weighted by Crippen LogP contribution is -2.44. The van der Waals surface area contributed by atoms with E-state index in [0.717, 1.165) is 37.2 Å². The van der Waals surface area contributed by atoms with Crippen LogP contribution in [-0.2, 0) is 10.0 Å². The minimum Gasteiger partial charge on any atom is -0.333 e. The van der Waals surface area contributed by atoms with E-state index in [1.54, 1.807) is 6.07 Å². The summed E-state index contributed by atoms with van der Waals surface area (Å²) in [7, 11) is -0.531. The molecule has 156 valence electrons. The van der Waals surface area contributed by atoms with Crippen LogP contribution in [0.5, 0.6) is 0 Å². The van der Waals surface area contributed by atoms with Crippen LogP contribution in [0, 0.1) is 19.8 Å². The third-order valence-corrected chi connectivity index (χ3v) is 8.53. The van der Waals surface area contributed by atoms with Crippen LogP contribution in [0.2, 0.25) is 0 Å². The monoisotopic (exact) mass is 406 g/mol. The molecule has 1 aromatic carbocycles. The van der Waals surface area contributed by atoms with Crippen molar-refractivity contribution in [3.8, 4) is 0 Å². The van der Waals surface area contributed by atoms with Crippen molar-refractivity contribution in [3.05, 3.63) is 28.8 Å². The molecule has 0 N–H and O–H groups in total. The Morgan fingerprint density at radius 1 is 1.00 bits per heavy atom. The largest absolute Gasteiger partial charge is 0.333 e. The number of amides is 1. The smallest absolute Gasteiger partial charge is 0.254 e. The molecular formula is C22H34N2O3S. The second kappa shape index (κ2) is 8.15. The minimum absolute atomic E-state index is 0.000699. The van der Waals surface area contributed by atoms with Gasteiger partial charge in [0.05, 0.1) is 4.90 Å². The maximum absolute atomic E-state index is 13.5. The average molecular weight is 407 g/mol. The molecule has 6 heteroatoms. The summed E-state index contributed by atoms with van der Waals surface area (Å²) in [5, 5.41) is 0. The van der Waals surface area contributed by atoms with Crippen molar-refractivity contribution in [2.75, 3.05) is 14.1 Å². The maximum atomic E-state index is 13.5. The molecule has 0 bridgehead atoms. The second-order valence-electron chi connectivity index (χ2n) is 8.73. The molecule has 0 saturated heterocycles. The normalized spacial score (nSPS) is 23.1. The summed E-state index contributed by atoms with van der Waals surface area (Å²) >= 11 is 0. The Morgan fingerprint density at radius 2 is 1.54 bits per heavy atom. The number of carbonyl (C=O) groups excluding carboxylic acids is 1. The Bertz CT molecular complexity index is 836. The van der Waals surface area contributed by atoms with E-state index < -0.39 is 10.0 Å². The molecule has 0 aliphatic heterocycles. The van der Waals surface area contributed by atoms with Crippen molar-refractivity contribution >= 4 is 15.9 Å². The Labute approximate surface area is 170 Å². The van der Waals surface area contributed by atoms with Gasteiger partial charge >= 0.3 is 0 Å². The Kier molecular flexibility index (Phi) is 6.20. The van der Waals surface area contributed by atoms with Gasteiger partial charge in [0.2, 0.25) is 10.0 Å². The molecule has 2 saturated carbocycles. The van der Waals surface area contributed by atoms with Gasteiger partial charge < -0.3 is 4.90 Å². The van der Waals surface area contributed by atoms with E-state index in [1.807, 2.05) is 19.9 Å². The number of nitrogens with zero attached hydrogens (tertiary/aromatic N) is 2. The lowest BCUT2D eigenvalue weighted by Gasteiger charge is -2.37. The number of aryl methyl sites for hydroxylation is 1. The highest BCUT2D eigenvalue weighted by atomic mass is 32.2. The molecule has 2 aliphatic carbocycles. The van der Waals surface area contributed by atoms with Crippen LogP contribution in [-0.4, -0.2) is 49.7 Å². The zero-order chi connectivity index (χ0) is 20.6. The molecule has 2 fully saturated rings. The van der Waals surface area contributed by atoms with E-state index in [1.165, 1.54) is 37.7 Å². The molecule has 0 radical (unpaired) electrons. The molecule has 2 aliphatic rings. The van der Waals surface area contributed by atoms with E-state index in [4.69, 9.17) is 0 Å². The highest BCUT2D eigenvalue weighted by Crippen LogP contribution is 2.37. The Balaban J connectivity index is 1.93. The summed E-state index contributed by atoms with van der Waals surface area (Å²) in [6, 6.07) is 4.07. The molecule has 0 spiro atoms. The number of rotatable bonds is 6. The molecule has 0 heterocycles. The molecule has 3 rings (SSSR count). The van der Waals surface area contributed by atoms with Gasteiger partial charge in [0, 0.05) is 31.7 Å². The van der Waals surface area contributed by atoms with Gasteiger partial charge in [0.1, 0.15) is 0 Å². The zero-order valence-electron chi connectivity index (χ0n) is 17.9. The van der Waals surface area contributed by atoms with Gasteiger partial charge in [0.25, 0.3) is 5.91 Å². The first kappa shape index (κ1) is 21.3. The van der Waals surface area contributed by atoms with Crippen LogP contribution in [0.15, 0.2) is 17.0 Å². The van der Waals surface area contributed by atoms with Crippen molar-refractivity contribution in [1.29, 1.82) is 0 Å². The third kappa shape index (κ3) is 4.13. The quantitative estimate of drug-likeness (QED) is 0.714. The Hall–Kier alpha value is -1.40. The van der Waals surface area contributed by atoms with Crippen molar-refractivity contribution in [1.82, 2.24) is 9.21 Å². The predicted molar refractivity (Wildman–Crippen MR) is 112 cm³/mol. The van der Waals surface area contributed by atoms with Crippen LogP contribution in [0.1, 0.15) is 73.4 Å². The average Bonchev–Trinajstić information content (AvgIpc) is 3.49. The van der Waals surface area contributed by atoms with Gasteiger partial charge in [0.15, 0.2) is 0 Å². The molecule has 1 aromatic rings. The topological polar surface area (TPSA) is 57.7 Å². The molecule has 28 heavy (non-hydrogen) atoms. The number of sulfonamides is 1. The number of benzene rings is 1. The molecular weight excluding hydrogens is 372 g/mol. The van der Waals surface area contributed by atoms with Crippen LogP contribution in [0.3, 0.4) is 0 Å². The number of carbonyl (C=O) groups is 1. The van der Waals surface area contributed by atoms with Crippen LogP contribution in [0.4, 0.5) is 0 Å². The molecule has 1 amide bonds. The van der Waals surface area contributed by atoms with Gasteiger partial charge in [-0.2, -0.15) is 0 Å². The van der Waals surface area contributed by atoms with Gasteiger partial charge in [-0.3, -0.25) is 4.79 Å². The lowest BCUT2D eigenvalue weighted by molar-refractivity contribution is 0.0587. The van der Waals surface area contributed by atoms with E-state index in [-0.39, 0.29) is 10.8 Å². The first-order valence-electron chi connectivity index (χ1n) is 10.5. The van der Waals surface area contributed by atoms with E-state index in [2.05, 4.69) is 11.8 Å². The van der Waals surface area contributed by atoms with E-state index in [0.29, 0.717) is 23.2 Å². The fourth-order valence-electron chi connectivity index (χ4n) is 4.38. The SMILES string of the molecule is CCC1CCC(N(C(=O)c2cc(C)c(C)c(S(=O)(=O)N(C)C)c2)C2CC2)CC1.